The lowest BCUT2D eigenvalue weighted by molar-refractivity contribution is 0.851. The Labute approximate surface area is 128 Å². The summed E-state index contributed by atoms with van der Waals surface area (Å²) in [5, 5.41) is 4.96. The number of thioether (sulfide) groups is 1. The van der Waals surface area contributed by atoms with Gasteiger partial charge in [0, 0.05) is 10.0 Å². The van der Waals surface area contributed by atoms with Crippen molar-refractivity contribution in [3.05, 3.63) is 28.2 Å². The van der Waals surface area contributed by atoms with Gasteiger partial charge in [0.1, 0.15) is 0 Å². The maximum absolute atomic E-state index is 5.88. The molecule has 0 aliphatic heterocycles. The highest BCUT2D eigenvalue weighted by Gasteiger charge is 2.14. The van der Waals surface area contributed by atoms with E-state index in [-0.39, 0.29) is 5.95 Å². The molecular formula is C12H11BrN6S. The number of halogens is 1. The molecule has 0 aliphatic rings. The van der Waals surface area contributed by atoms with Crippen LogP contribution in [0.2, 0.25) is 0 Å². The molecule has 6 nitrogen and oxygen atoms in total. The van der Waals surface area contributed by atoms with Gasteiger partial charge < -0.3 is 5.73 Å². The third-order valence-corrected chi connectivity index (χ3v) is 4.00. The summed E-state index contributed by atoms with van der Waals surface area (Å²) in [5.41, 5.74) is 7.91. The average molecular weight is 351 g/mol. The molecule has 0 saturated carbocycles. The third kappa shape index (κ3) is 2.25. The molecule has 3 aromatic rings. The first kappa shape index (κ1) is 13.3. The molecule has 0 spiro atoms. The number of hydrogen-bond donors (Lipinski definition) is 1. The van der Waals surface area contributed by atoms with Crippen molar-refractivity contribution in [3.8, 4) is 11.4 Å². The van der Waals surface area contributed by atoms with Gasteiger partial charge in [-0.1, -0.05) is 39.3 Å². The Morgan fingerprint density at radius 1 is 1.25 bits per heavy atom. The number of rotatable bonds is 2. The smallest absolute Gasteiger partial charge is 0.258 e. The highest BCUT2D eigenvalue weighted by molar-refractivity contribution is 9.10. The van der Waals surface area contributed by atoms with Crippen LogP contribution in [0.1, 0.15) is 5.56 Å². The second-order valence-electron chi connectivity index (χ2n) is 4.20. The Kier molecular flexibility index (Phi) is 3.35. The summed E-state index contributed by atoms with van der Waals surface area (Å²) in [7, 11) is 0. The predicted molar refractivity (Wildman–Crippen MR) is 82.6 cm³/mol. The van der Waals surface area contributed by atoms with Gasteiger partial charge in [-0.15, -0.1) is 5.10 Å². The normalized spacial score (nSPS) is 11.2. The zero-order valence-electron chi connectivity index (χ0n) is 10.8. The van der Waals surface area contributed by atoms with Crippen LogP contribution >= 0.6 is 27.7 Å². The lowest BCUT2D eigenvalue weighted by Gasteiger charge is -2.00. The molecule has 8 heteroatoms. The van der Waals surface area contributed by atoms with Crippen LogP contribution < -0.4 is 5.73 Å². The zero-order valence-corrected chi connectivity index (χ0v) is 13.2. The number of fused-ring (bicyclic) bond motifs is 1. The van der Waals surface area contributed by atoms with Crippen LogP contribution in [-0.4, -0.2) is 30.8 Å². The maximum atomic E-state index is 5.88. The van der Waals surface area contributed by atoms with Gasteiger partial charge in [-0.2, -0.15) is 19.5 Å². The van der Waals surface area contributed by atoms with E-state index in [4.69, 9.17) is 5.73 Å². The van der Waals surface area contributed by atoms with Crippen molar-refractivity contribution >= 4 is 39.4 Å². The van der Waals surface area contributed by atoms with E-state index in [1.807, 2.05) is 31.4 Å². The quantitative estimate of drug-likeness (QED) is 0.715. The van der Waals surface area contributed by atoms with E-state index in [1.54, 1.807) is 0 Å². The van der Waals surface area contributed by atoms with E-state index in [0.29, 0.717) is 16.8 Å². The van der Waals surface area contributed by atoms with Crippen molar-refractivity contribution in [3.63, 3.8) is 0 Å². The molecule has 2 heterocycles. The molecule has 0 atom stereocenters. The van der Waals surface area contributed by atoms with E-state index in [1.165, 1.54) is 16.3 Å². The molecule has 0 fully saturated rings. The number of aromatic nitrogens is 5. The summed E-state index contributed by atoms with van der Waals surface area (Å²) < 4.78 is 2.37. The number of nitrogen functional groups attached to an aromatic ring is 1. The molecule has 0 saturated heterocycles. The summed E-state index contributed by atoms with van der Waals surface area (Å²) in [4.78, 5) is 12.9. The summed E-state index contributed by atoms with van der Waals surface area (Å²) in [6, 6.07) is 6.00. The van der Waals surface area contributed by atoms with Crippen LogP contribution in [0.25, 0.3) is 17.2 Å². The van der Waals surface area contributed by atoms with Crippen LogP contribution in [0.15, 0.2) is 27.8 Å². The summed E-state index contributed by atoms with van der Waals surface area (Å²) in [6.45, 7) is 2.02. The van der Waals surface area contributed by atoms with Gasteiger partial charge in [0.15, 0.2) is 11.0 Å². The Hall–Kier alpha value is -1.67. The molecule has 0 bridgehead atoms. The molecule has 1 aromatic carbocycles. The summed E-state index contributed by atoms with van der Waals surface area (Å²) in [6.07, 6.45) is 1.89. The molecule has 2 aromatic heterocycles. The average Bonchev–Trinajstić information content (AvgIpc) is 2.85. The number of nitrogens with zero attached hydrogens (tertiary/aromatic N) is 5. The number of anilines is 1. The first-order chi connectivity index (χ1) is 9.58. The second kappa shape index (κ2) is 5.02. The molecule has 2 N–H and O–H groups in total. The van der Waals surface area contributed by atoms with E-state index in [0.717, 1.165) is 15.6 Å². The van der Waals surface area contributed by atoms with Crippen LogP contribution in [0, 0.1) is 6.92 Å². The van der Waals surface area contributed by atoms with Crippen LogP contribution in [-0.2, 0) is 0 Å². The lowest BCUT2D eigenvalue weighted by atomic mass is 10.1. The summed E-state index contributed by atoms with van der Waals surface area (Å²) >= 11 is 4.93. The minimum Gasteiger partial charge on any atom is -0.368 e. The zero-order chi connectivity index (χ0) is 14.3. The van der Waals surface area contributed by atoms with E-state index in [9.17, 15) is 0 Å². The van der Waals surface area contributed by atoms with Gasteiger partial charge in [-0.25, -0.2) is 0 Å². The van der Waals surface area contributed by atoms with Crippen molar-refractivity contribution in [1.82, 2.24) is 24.6 Å². The van der Waals surface area contributed by atoms with Crippen LogP contribution in [0.3, 0.4) is 0 Å². The second-order valence-corrected chi connectivity index (χ2v) is 5.83. The van der Waals surface area contributed by atoms with E-state index in [2.05, 4.69) is 36.0 Å². The van der Waals surface area contributed by atoms with Gasteiger partial charge in [0.2, 0.25) is 5.95 Å². The van der Waals surface area contributed by atoms with Crippen molar-refractivity contribution in [2.24, 2.45) is 0 Å². The first-order valence-electron chi connectivity index (χ1n) is 5.79. The van der Waals surface area contributed by atoms with Crippen molar-refractivity contribution < 1.29 is 0 Å². The number of hydrogen-bond acceptors (Lipinski definition) is 6. The van der Waals surface area contributed by atoms with Gasteiger partial charge in [0.05, 0.1) is 0 Å². The maximum Gasteiger partial charge on any atom is 0.258 e. The number of nitrogens with two attached hydrogens (primary N) is 1. The van der Waals surface area contributed by atoms with Crippen molar-refractivity contribution in [1.29, 1.82) is 0 Å². The molecule has 0 radical (unpaired) electrons. The fourth-order valence-electron chi connectivity index (χ4n) is 1.80. The number of benzene rings is 1. The van der Waals surface area contributed by atoms with Gasteiger partial charge in [-0.05, 0) is 25.3 Å². The monoisotopic (exact) mass is 350 g/mol. The van der Waals surface area contributed by atoms with Crippen LogP contribution in [0.5, 0.6) is 0 Å². The van der Waals surface area contributed by atoms with Crippen molar-refractivity contribution in [2.75, 3.05) is 12.0 Å². The van der Waals surface area contributed by atoms with E-state index >= 15 is 0 Å². The summed E-state index contributed by atoms with van der Waals surface area (Å²) in [5.74, 6) is 1.30. The SMILES string of the molecule is CSc1nc(N)n2nc(-c3cc(C)ccc3Br)nc2n1. The lowest BCUT2D eigenvalue weighted by Crippen LogP contribution is -2.04. The molecular weight excluding hydrogens is 340 g/mol. The molecule has 20 heavy (non-hydrogen) atoms. The fraction of sp³-hybridized carbons (Fsp3) is 0.167. The highest BCUT2D eigenvalue weighted by atomic mass is 79.9. The Morgan fingerprint density at radius 3 is 2.80 bits per heavy atom. The van der Waals surface area contributed by atoms with Crippen LogP contribution in [0.4, 0.5) is 5.95 Å². The molecule has 102 valence electrons. The molecule has 3 rings (SSSR count). The Morgan fingerprint density at radius 2 is 2.05 bits per heavy atom. The minimum absolute atomic E-state index is 0.280. The molecule has 0 amide bonds. The fourth-order valence-corrected chi connectivity index (χ4v) is 2.58. The predicted octanol–water partition coefficient (Wildman–Crippen LogP) is 2.56. The minimum atomic E-state index is 0.280. The first-order valence-corrected chi connectivity index (χ1v) is 7.81. The largest absolute Gasteiger partial charge is 0.368 e. The highest BCUT2D eigenvalue weighted by Crippen LogP contribution is 2.27. The Balaban J connectivity index is 2.22. The molecule has 0 unspecified atom stereocenters. The van der Waals surface area contributed by atoms with E-state index < -0.39 is 0 Å². The standard InChI is InChI=1S/C12H11BrN6S/c1-6-3-4-8(13)7(5-6)9-15-11-17-12(20-2)16-10(14)19(11)18-9/h3-5H,1-2H3,(H2,14,15,16,17,18). The van der Waals surface area contributed by atoms with Crippen molar-refractivity contribution in [2.45, 2.75) is 12.1 Å². The van der Waals surface area contributed by atoms with Gasteiger partial charge >= 0.3 is 0 Å². The van der Waals surface area contributed by atoms with Gasteiger partial charge in [0.25, 0.3) is 5.78 Å². The molecule has 0 aliphatic carbocycles. The topological polar surface area (TPSA) is 82.0 Å². The third-order valence-electron chi connectivity index (χ3n) is 2.76. The Bertz CT molecular complexity index is 800. The number of aryl methyl sites for hydroxylation is 1. The van der Waals surface area contributed by atoms with Gasteiger partial charge in [-0.3, -0.25) is 0 Å².